The predicted molar refractivity (Wildman–Crippen MR) is 133 cm³/mol. The van der Waals surface area contributed by atoms with Gasteiger partial charge in [0.2, 0.25) is 0 Å². The van der Waals surface area contributed by atoms with Gasteiger partial charge >= 0.3 is 5.97 Å². The Hall–Kier alpha value is -1.79. The van der Waals surface area contributed by atoms with Gasteiger partial charge in [-0.05, 0) is 49.4 Å². The molecule has 3 rings (SSSR count). The highest BCUT2D eigenvalue weighted by Gasteiger charge is 2.15. The highest BCUT2D eigenvalue weighted by molar-refractivity contribution is 7.97. The average molecular weight is 459 g/mol. The molecule has 2 heterocycles. The maximum Gasteiger partial charge on any atom is 0.307 e. The number of benzene rings is 1. The largest absolute Gasteiger partial charge is 0.444 e. The standard InChI is InChI=1S/C26H38N2O3S/c1-2-3-4-5-6-7-8-9-10-16-25(29)31-21-27-20-17-22-23(26(27)30)14-13-15-24(22)32-28-18-11-12-19-28/h13-15,17,20H,2-12,16,18-19,21H2,1H3. The molecule has 0 aliphatic carbocycles. The average Bonchev–Trinajstić information content (AvgIpc) is 3.31. The van der Waals surface area contributed by atoms with Crippen LogP contribution in [0.2, 0.25) is 0 Å². The molecule has 6 heteroatoms. The van der Waals surface area contributed by atoms with Crippen LogP contribution in [0, 0.1) is 0 Å². The molecule has 0 spiro atoms. The summed E-state index contributed by atoms with van der Waals surface area (Å²) in [5.41, 5.74) is -0.109. The van der Waals surface area contributed by atoms with Gasteiger partial charge < -0.3 is 4.74 Å². The van der Waals surface area contributed by atoms with Crippen LogP contribution < -0.4 is 5.56 Å². The van der Waals surface area contributed by atoms with Gasteiger partial charge in [-0.1, -0.05) is 64.4 Å². The Balaban J connectivity index is 1.42. The Labute approximate surface area is 196 Å². The van der Waals surface area contributed by atoms with E-state index >= 15 is 0 Å². The van der Waals surface area contributed by atoms with Crippen molar-refractivity contribution in [3.8, 4) is 0 Å². The molecule has 1 fully saturated rings. The molecular formula is C26H38N2O3S. The minimum atomic E-state index is -0.224. The Morgan fingerprint density at radius 2 is 1.62 bits per heavy atom. The van der Waals surface area contributed by atoms with Gasteiger partial charge in [-0.15, -0.1) is 0 Å². The van der Waals surface area contributed by atoms with Crippen LogP contribution in [-0.2, 0) is 16.3 Å². The quantitative estimate of drug-likeness (QED) is 0.183. The van der Waals surface area contributed by atoms with Gasteiger partial charge in [0.1, 0.15) is 0 Å². The lowest BCUT2D eigenvalue weighted by atomic mass is 10.1. The third-order valence-electron chi connectivity index (χ3n) is 6.12. The second kappa shape index (κ2) is 13.7. The molecule has 0 saturated carbocycles. The van der Waals surface area contributed by atoms with E-state index in [1.165, 1.54) is 62.4 Å². The van der Waals surface area contributed by atoms with E-state index in [1.54, 1.807) is 18.1 Å². The first-order valence-corrected chi connectivity index (χ1v) is 13.2. The van der Waals surface area contributed by atoms with Crippen molar-refractivity contribution in [1.82, 2.24) is 8.87 Å². The van der Waals surface area contributed by atoms with Gasteiger partial charge in [0.25, 0.3) is 5.56 Å². The summed E-state index contributed by atoms with van der Waals surface area (Å²) >= 11 is 1.73. The van der Waals surface area contributed by atoms with Crippen molar-refractivity contribution in [2.24, 2.45) is 0 Å². The molecule has 0 unspecified atom stereocenters. The molecule has 1 aliphatic rings. The third-order valence-corrected chi connectivity index (χ3v) is 7.30. The zero-order valence-corrected chi connectivity index (χ0v) is 20.3. The number of fused-ring (bicyclic) bond motifs is 1. The number of esters is 1. The predicted octanol–water partition coefficient (Wildman–Crippen LogP) is 6.53. The summed E-state index contributed by atoms with van der Waals surface area (Å²) in [4.78, 5) is 26.1. The van der Waals surface area contributed by atoms with E-state index in [2.05, 4.69) is 17.3 Å². The van der Waals surface area contributed by atoms with E-state index in [1.807, 2.05) is 18.2 Å². The third kappa shape index (κ3) is 7.66. The molecule has 32 heavy (non-hydrogen) atoms. The van der Waals surface area contributed by atoms with E-state index < -0.39 is 0 Å². The van der Waals surface area contributed by atoms with Crippen LogP contribution in [0.3, 0.4) is 0 Å². The number of ether oxygens (including phenoxy) is 1. The Kier molecular flexibility index (Phi) is 10.6. The molecule has 5 nitrogen and oxygen atoms in total. The Morgan fingerprint density at radius 3 is 2.34 bits per heavy atom. The van der Waals surface area contributed by atoms with Gasteiger partial charge in [-0.25, -0.2) is 4.31 Å². The highest BCUT2D eigenvalue weighted by Crippen LogP contribution is 2.31. The van der Waals surface area contributed by atoms with E-state index in [9.17, 15) is 9.59 Å². The van der Waals surface area contributed by atoms with Crippen molar-refractivity contribution >= 4 is 28.7 Å². The maximum absolute atomic E-state index is 12.9. The van der Waals surface area contributed by atoms with E-state index in [-0.39, 0.29) is 18.3 Å². The monoisotopic (exact) mass is 458 g/mol. The van der Waals surface area contributed by atoms with E-state index in [4.69, 9.17) is 4.74 Å². The highest BCUT2D eigenvalue weighted by atomic mass is 32.2. The summed E-state index contributed by atoms with van der Waals surface area (Å²) in [6.45, 7) is 4.40. The lowest BCUT2D eigenvalue weighted by Gasteiger charge is -2.15. The van der Waals surface area contributed by atoms with Crippen molar-refractivity contribution in [3.05, 3.63) is 40.8 Å². The number of hydrogen-bond acceptors (Lipinski definition) is 5. The number of nitrogens with zero attached hydrogens (tertiary/aromatic N) is 2. The zero-order valence-electron chi connectivity index (χ0n) is 19.5. The van der Waals surface area contributed by atoms with Crippen LogP contribution in [0.25, 0.3) is 10.8 Å². The smallest absolute Gasteiger partial charge is 0.307 e. The molecule has 1 saturated heterocycles. The summed E-state index contributed by atoms with van der Waals surface area (Å²) in [5.74, 6) is -0.224. The van der Waals surface area contributed by atoms with Gasteiger partial charge in [0.05, 0.1) is 0 Å². The molecule has 0 bridgehead atoms. The topological polar surface area (TPSA) is 51.5 Å². The minimum absolute atomic E-state index is 0.0193. The van der Waals surface area contributed by atoms with Crippen molar-refractivity contribution in [2.75, 3.05) is 13.1 Å². The van der Waals surface area contributed by atoms with Crippen molar-refractivity contribution in [2.45, 2.75) is 95.6 Å². The number of carbonyl (C=O) groups excluding carboxylic acids is 1. The second-order valence-corrected chi connectivity index (χ2v) is 9.90. The number of aromatic nitrogens is 1. The summed E-state index contributed by atoms with van der Waals surface area (Å²) in [6, 6.07) is 7.82. The molecule has 1 aromatic carbocycles. The molecular weight excluding hydrogens is 420 g/mol. The normalized spacial score (nSPS) is 14.3. The van der Waals surface area contributed by atoms with Crippen molar-refractivity contribution in [3.63, 3.8) is 0 Å². The molecule has 0 radical (unpaired) electrons. The van der Waals surface area contributed by atoms with Crippen molar-refractivity contribution < 1.29 is 9.53 Å². The Bertz CT molecular complexity index is 906. The minimum Gasteiger partial charge on any atom is -0.444 e. The van der Waals surface area contributed by atoms with Crippen LogP contribution in [0.4, 0.5) is 0 Å². The molecule has 176 valence electrons. The number of carbonyl (C=O) groups is 1. The fourth-order valence-electron chi connectivity index (χ4n) is 4.18. The Morgan fingerprint density at radius 1 is 0.938 bits per heavy atom. The molecule has 1 aliphatic heterocycles. The molecule has 1 aromatic heterocycles. The fourth-order valence-corrected chi connectivity index (χ4v) is 5.32. The van der Waals surface area contributed by atoms with Gasteiger partial charge in [-0.3, -0.25) is 14.2 Å². The van der Waals surface area contributed by atoms with Crippen LogP contribution >= 0.6 is 11.9 Å². The first-order valence-electron chi connectivity index (χ1n) is 12.4. The summed E-state index contributed by atoms with van der Waals surface area (Å²) < 4.78 is 9.22. The van der Waals surface area contributed by atoms with E-state index in [0.29, 0.717) is 11.8 Å². The summed E-state index contributed by atoms with van der Waals surface area (Å²) in [6.07, 6.45) is 15.6. The lowest BCUT2D eigenvalue weighted by molar-refractivity contribution is -0.147. The number of pyridine rings is 1. The number of hydrogen-bond donors (Lipinski definition) is 0. The second-order valence-electron chi connectivity index (χ2n) is 8.76. The van der Waals surface area contributed by atoms with Crippen LogP contribution in [0.5, 0.6) is 0 Å². The molecule has 0 atom stereocenters. The van der Waals surface area contributed by atoms with Crippen LogP contribution in [0.1, 0.15) is 84.0 Å². The summed E-state index contributed by atoms with van der Waals surface area (Å²) in [7, 11) is 0. The number of unbranched alkanes of at least 4 members (excludes halogenated alkanes) is 8. The first-order chi connectivity index (χ1) is 15.7. The fraction of sp³-hybridized carbons (Fsp3) is 0.615. The molecule has 0 N–H and O–H groups in total. The lowest BCUT2D eigenvalue weighted by Crippen LogP contribution is -2.22. The van der Waals surface area contributed by atoms with Crippen molar-refractivity contribution in [1.29, 1.82) is 0 Å². The van der Waals surface area contributed by atoms with Crippen LogP contribution in [-0.4, -0.2) is 27.9 Å². The van der Waals surface area contributed by atoms with Gasteiger partial charge in [0.15, 0.2) is 6.73 Å². The van der Waals surface area contributed by atoms with Gasteiger partial charge in [0, 0.05) is 41.4 Å². The zero-order chi connectivity index (χ0) is 22.6. The SMILES string of the molecule is CCCCCCCCCCCC(=O)OCn1ccc2c(SN3CCCC3)cccc2c1=O. The van der Waals surface area contributed by atoms with Crippen LogP contribution in [0.15, 0.2) is 40.2 Å². The maximum atomic E-state index is 12.9. The van der Waals surface area contributed by atoms with Gasteiger partial charge in [-0.2, -0.15) is 0 Å². The summed E-state index contributed by atoms with van der Waals surface area (Å²) in [5, 5.41) is 1.64. The molecule has 2 aromatic rings. The van der Waals surface area contributed by atoms with E-state index in [0.717, 1.165) is 36.2 Å². The number of rotatable bonds is 14. The first kappa shape index (κ1) is 24.8. The molecule has 0 amide bonds.